The molecular weight excluding hydrogens is 318 g/mol. The van der Waals surface area contributed by atoms with E-state index in [0.29, 0.717) is 0 Å². The fraction of sp³-hybridized carbons (Fsp3) is 0.111. The molecule has 0 saturated carbocycles. The van der Waals surface area contributed by atoms with E-state index in [4.69, 9.17) is 14.5 Å². The quantitative estimate of drug-likeness (QED) is 0.562. The maximum atomic E-state index is 5.47. The van der Waals surface area contributed by atoms with Gasteiger partial charge in [0.15, 0.2) is 11.5 Å². The molecule has 5 rings (SSSR count). The van der Waals surface area contributed by atoms with E-state index in [2.05, 4.69) is 28.5 Å². The molecule has 0 unspecified atom stereocenters. The Balaban J connectivity index is 1.66. The Labute approximate surface area is 142 Å². The van der Waals surface area contributed by atoms with E-state index >= 15 is 0 Å². The first-order chi connectivity index (χ1) is 12.3. The standard InChI is InChI=1S/C18H13N5O2/c1-11-5-15(12-3-2-4-13(6-12)23-9-19-21-22-23)20-16-8-18-17(7-14(11)16)24-10-25-18/h2-9H,10H2,1H3. The van der Waals surface area contributed by atoms with E-state index in [0.717, 1.165) is 44.9 Å². The number of hydrogen-bond acceptors (Lipinski definition) is 6. The van der Waals surface area contributed by atoms with Gasteiger partial charge in [-0.2, -0.15) is 0 Å². The van der Waals surface area contributed by atoms with Crippen molar-refractivity contribution in [2.24, 2.45) is 0 Å². The van der Waals surface area contributed by atoms with Gasteiger partial charge in [0.1, 0.15) is 6.33 Å². The average molecular weight is 331 g/mol. The molecule has 7 heteroatoms. The first-order valence-corrected chi connectivity index (χ1v) is 7.83. The zero-order valence-corrected chi connectivity index (χ0v) is 13.4. The number of fused-ring (bicyclic) bond motifs is 2. The molecular formula is C18H13N5O2. The molecule has 0 aliphatic carbocycles. The van der Waals surface area contributed by atoms with Crippen molar-refractivity contribution in [3.63, 3.8) is 0 Å². The Morgan fingerprint density at radius 3 is 2.76 bits per heavy atom. The third-order valence-corrected chi connectivity index (χ3v) is 4.27. The summed E-state index contributed by atoms with van der Waals surface area (Å²) >= 11 is 0. The summed E-state index contributed by atoms with van der Waals surface area (Å²) in [6.07, 6.45) is 1.57. The number of aryl methyl sites for hydroxylation is 1. The van der Waals surface area contributed by atoms with Gasteiger partial charge in [-0.1, -0.05) is 12.1 Å². The highest BCUT2D eigenvalue weighted by atomic mass is 16.7. The minimum atomic E-state index is 0.256. The number of aromatic nitrogens is 5. The highest BCUT2D eigenvalue weighted by Gasteiger charge is 2.16. The molecule has 0 spiro atoms. The summed E-state index contributed by atoms with van der Waals surface area (Å²) in [7, 11) is 0. The van der Waals surface area contributed by atoms with Gasteiger partial charge in [0.05, 0.1) is 16.9 Å². The molecule has 4 aromatic rings. The van der Waals surface area contributed by atoms with Crippen LogP contribution in [0.25, 0.3) is 27.8 Å². The predicted octanol–water partition coefficient (Wildman–Crippen LogP) is 2.91. The lowest BCUT2D eigenvalue weighted by Crippen LogP contribution is -1.96. The number of tetrazole rings is 1. The molecule has 1 aliphatic rings. The Bertz CT molecular complexity index is 1090. The molecule has 0 N–H and O–H groups in total. The predicted molar refractivity (Wildman–Crippen MR) is 90.8 cm³/mol. The van der Waals surface area contributed by atoms with Crippen LogP contribution in [0.15, 0.2) is 48.8 Å². The van der Waals surface area contributed by atoms with Gasteiger partial charge in [-0.15, -0.1) is 5.10 Å². The lowest BCUT2D eigenvalue weighted by atomic mass is 10.0. The van der Waals surface area contributed by atoms with Gasteiger partial charge in [-0.05, 0) is 47.2 Å². The van der Waals surface area contributed by atoms with Crippen LogP contribution in [0.2, 0.25) is 0 Å². The minimum Gasteiger partial charge on any atom is -0.454 e. The van der Waals surface area contributed by atoms with Gasteiger partial charge >= 0.3 is 0 Å². The molecule has 0 saturated heterocycles. The molecule has 0 radical (unpaired) electrons. The highest BCUT2D eigenvalue weighted by Crippen LogP contribution is 2.37. The fourth-order valence-electron chi connectivity index (χ4n) is 3.02. The van der Waals surface area contributed by atoms with Crippen LogP contribution in [-0.2, 0) is 0 Å². The SMILES string of the molecule is Cc1cc(-c2cccc(-n3cnnn3)c2)nc2cc3c(cc12)OCO3. The zero-order valence-electron chi connectivity index (χ0n) is 13.4. The topological polar surface area (TPSA) is 75.0 Å². The van der Waals surface area contributed by atoms with Crippen LogP contribution in [0.3, 0.4) is 0 Å². The van der Waals surface area contributed by atoms with Gasteiger partial charge in [0.25, 0.3) is 0 Å². The van der Waals surface area contributed by atoms with Gasteiger partial charge in [-0.3, -0.25) is 0 Å². The monoisotopic (exact) mass is 331 g/mol. The second-order valence-corrected chi connectivity index (χ2v) is 5.85. The average Bonchev–Trinajstić information content (AvgIpc) is 3.32. The molecule has 0 fully saturated rings. The smallest absolute Gasteiger partial charge is 0.231 e. The third kappa shape index (κ3) is 2.28. The van der Waals surface area contributed by atoms with E-state index in [1.165, 1.54) is 0 Å². The summed E-state index contributed by atoms with van der Waals surface area (Å²) < 4.78 is 12.6. The summed E-state index contributed by atoms with van der Waals surface area (Å²) in [4.78, 5) is 4.81. The van der Waals surface area contributed by atoms with Crippen LogP contribution >= 0.6 is 0 Å². The zero-order chi connectivity index (χ0) is 16.8. The van der Waals surface area contributed by atoms with Crippen molar-refractivity contribution >= 4 is 10.9 Å². The molecule has 0 amide bonds. The molecule has 2 aromatic heterocycles. The minimum absolute atomic E-state index is 0.256. The maximum absolute atomic E-state index is 5.47. The number of pyridine rings is 1. The van der Waals surface area contributed by atoms with E-state index in [1.807, 2.05) is 36.4 Å². The molecule has 0 atom stereocenters. The van der Waals surface area contributed by atoms with Gasteiger partial charge < -0.3 is 9.47 Å². The van der Waals surface area contributed by atoms with Crippen LogP contribution in [-0.4, -0.2) is 32.0 Å². The first-order valence-electron chi connectivity index (χ1n) is 7.83. The summed E-state index contributed by atoms with van der Waals surface area (Å²) in [5.74, 6) is 1.50. The number of hydrogen-bond donors (Lipinski definition) is 0. The summed E-state index contributed by atoms with van der Waals surface area (Å²) in [6.45, 7) is 2.33. The van der Waals surface area contributed by atoms with E-state index in [-0.39, 0.29) is 6.79 Å². The molecule has 1 aliphatic heterocycles. The van der Waals surface area contributed by atoms with E-state index in [1.54, 1.807) is 11.0 Å². The fourth-order valence-corrected chi connectivity index (χ4v) is 3.02. The second kappa shape index (κ2) is 5.27. The van der Waals surface area contributed by atoms with Crippen molar-refractivity contribution in [2.75, 3.05) is 6.79 Å². The largest absolute Gasteiger partial charge is 0.454 e. The molecule has 7 nitrogen and oxygen atoms in total. The number of ether oxygens (including phenoxy) is 2. The van der Waals surface area contributed by atoms with Crippen LogP contribution in [0.1, 0.15) is 5.56 Å². The Kier molecular flexibility index (Phi) is 2.93. The second-order valence-electron chi connectivity index (χ2n) is 5.85. The third-order valence-electron chi connectivity index (χ3n) is 4.27. The lowest BCUT2D eigenvalue weighted by Gasteiger charge is -2.09. The molecule has 2 aromatic carbocycles. The van der Waals surface area contributed by atoms with E-state index < -0.39 is 0 Å². The summed E-state index contributed by atoms with van der Waals surface area (Å²) in [5, 5.41) is 12.4. The van der Waals surface area contributed by atoms with Crippen LogP contribution < -0.4 is 9.47 Å². The first kappa shape index (κ1) is 13.9. The number of benzene rings is 2. The number of rotatable bonds is 2. The van der Waals surface area contributed by atoms with Crippen molar-refractivity contribution in [3.8, 4) is 28.4 Å². The normalized spacial score (nSPS) is 12.7. The van der Waals surface area contributed by atoms with Gasteiger partial charge in [0.2, 0.25) is 6.79 Å². The van der Waals surface area contributed by atoms with Crippen molar-refractivity contribution in [1.82, 2.24) is 25.2 Å². The molecule has 122 valence electrons. The maximum Gasteiger partial charge on any atom is 0.231 e. The van der Waals surface area contributed by atoms with Crippen molar-refractivity contribution in [3.05, 3.63) is 54.4 Å². The lowest BCUT2D eigenvalue weighted by molar-refractivity contribution is 0.174. The summed E-state index contributed by atoms with van der Waals surface area (Å²) in [6, 6.07) is 13.9. The van der Waals surface area contributed by atoms with Gasteiger partial charge in [-0.25, -0.2) is 9.67 Å². The van der Waals surface area contributed by atoms with Gasteiger partial charge in [0, 0.05) is 17.0 Å². The Hall–Kier alpha value is -3.48. The highest BCUT2D eigenvalue weighted by molar-refractivity contribution is 5.88. The van der Waals surface area contributed by atoms with Crippen molar-refractivity contribution in [2.45, 2.75) is 6.92 Å². The molecule has 25 heavy (non-hydrogen) atoms. The van der Waals surface area contributed by atoms with Crippen molar-refractivity contribution < 1.29 is 9.47 Å². The van der Waals surface area contributed by atoms with E-state index in [9.17, 15) is 0 Å². The van der Waals surface area contributed by atoms with Crippen LogP contribution in [0.4, 0.5) is 0 Å². The van der Waals surface area contributed by atoms with Crippen molar-refractivity contribution in [1.29, 1.82) is 0 Å². The Morgan fingerprint density at radius 2 is 1.92 bits per heavy atom. The molecule has 3 heterocycles. The molecule has 0 bridgehead atoms. The summed E-state index contributed by atoms with van der Waals surface area (Å²) in [5.41, 5.74) is 4.78. The number of nitrogens with zero attached hydrogens (tertiary/aromatic N) is 5. The van der Waals surface area contributed by atoms with Crippen LogP contribution in [0.5, 0.6) is 11.5 Å². The van der Waals surface area contributed by atoms with Crippen LogP contribution in [0, 0.1) is 6.92 Å². The Morgan fingerprint density at radius 1 is 1.04 bits per heavy atom.